The summed E-state index contributed by atoms with van der Waals surface area (Å²) < 4.78 is 0. The quantitative estimate of drug-likeness (QED) is 0.905. The Morgan fingerprint density at radius 1 is 1.24 bits per heavy atom. The summed E-state index contributed by atoms with van der Waals surface area (Å²) in [6, 6.07) is 8.08. The second kappa shape index (κ2) is 5.82. The molecule has 0 saturated heterocycles. The van der Waals surface area contributed by atoms with Crippen molar-refractivity contribution in [2.24, 2.45) is 0 Å². The van der Waals surface area contributed by atoms with Gasteiger partial charge in [0, 0.05) is 12.6 Å². The summed E-state index contributed by atoms with van der Waals surface area (Å²) in [4.78, 5) is 9.13. The van der Waals surface area contributed by atoms with E-state index in [9.17, 15) is 5.11 Å². The van der Waals surface area contributed by atoms with Gasteiger partial charge in [-0.3, -0.25) is 4.98 Å². The number of nitrogens with zero attached hydrogens (tertiary/aromatic N) is 2. The fourth-order valence-corrected chi connectivity index (χ4v) is 2.89. The van der Waals surface area contributed by atoms with E-state index in [1.165, 1.54) is 5.56 Å². The van der Waals surface area contributed by atoms with Gasteiger partial charge in [-0.15, -0.1) is 0 Å². The van der Waals surface area contributed by atoms with E-state index in [1.807, 2.05) is 18.3 Å². The van der Waals surface area contributed by atoms with Gasteiger partial charge in [0.2, 0.25) is 0 Å². The lowest BCUT2D eigenvalue weighted by atomic mass is 10.1. The Morgan fingerprint density at radius 2 is 2.05 bits per heavy atom. The third kappa shape index (κ3) is 2.63. The van der Waals surface area contributed by atoms with Crippen molar-refractivity contribution in [1.29, 1.82) is 0 Å². The highest BCUT2D eigenvalue weighted by atomic mass is 16.3. The van der Waals surface area contributed by atoms with Gasteiger partial charge in [-0.25, -0.2) is 4.98 Å². The molecule has 1 aliphatic carbocycles. The maximum absolute atomic E-state index is 10.4. The van der Waals surface area contributed by atoms with Gasteiger partial charge in [0.25, 0.3) is 0 Å². The van der Waals surface area contributed by atoms with Gasteiger partial charge >= 0.3 is 0 Å². The molecule has 2 N–H and O–H groups in total. The van der Waals surface area contributed by atoms with E-state index in [-0.39, 0.29) is 6.04 Å². The Labute approximate surface area is 125 Å². The van der Waals surface area contributed by atoms with E-state index in [2.05, 4.69) is 41.3 Å². The van der Waals surface area contributed by atoms with Crippen molar-refractivity contribution in [2.75, 3.05) is 5.32 Å². The Bertz CT molecular complexity index is 642. The van der Waals surface area contributed by atoms with Crippen LogP contribution in [0.25, 0.3) is 0 Å². The molecule has 0 aliphatic heterocycles. The van der Waals surface area contributed by atoms with Crippen molar-refractivity contribution in [1.82, 2.24) is 9.97 Å². The number of aliphatic hydroxyl groups excluding tert-OH is 1. The molecule has 0 saturated carbocycles. The molecule has 0 spiro atoms. The lowest BCUT2D eigenvalue weighted by molar-refractivity contribution is 0.165. The molecule has 1 heterocycles. The normalized spacial score (nSPS) is 20.3. The molecular weight excluding hydrogens is 262 g/mol. The second-order valence-electron chi connectivity index (χ2n) is 5.46. The highest BCUT2D eigenvalue weighted by molar-refractivity contribution is 5.48. The van der Waals surface area contributed by atoms with Crippen molar-refractivity contribution >= 4 is 5.82 Å². The number of nitrogens with one attached hydrogen (secondary N) is 1. The van der Waals surface area contributed by atoms with Crippen LogP contribution in [0.2, 0.25) is 0 Å². The molecule has 0 fully saturated rings. The fourth-order valence-electron chi connectivity index (χ4n) is 2.89. The van der Waals surface area contributed by atoms with Gasteiger partial charge in [0.05, 0.1) is 23.5 Å². The number of anilines is 1. The lowest BCUT2D eigenvalue weighted by Crippen LogP contribution is -2.23. The van der Waals surface area contributed by atoms with Crippen LogP contribution in [0, 0.1) is 0 Å². The Balaban J connectivity index is 1.93. The SMILES string of the molecule is CCc1cnc(CC)c(NC2c3ccccc3CC2O)n1. The van der Waals surface area contributed by atoms with Crippen molar-refractivity contribution in [3.63, 3.8) is 0 Å². The highest BCUT2D eigenvalue weighted by Gasteiger charge is 2.31. The number of aromatic nitrogens is 2. The van der Waals surface area contributed by atoms with Gasteiger partial charge in [-0.1, -0.05) is 38.1 Å². The molecule has 3 rings (SSSR count). The summed E-state index contributed by atoms with van der Waals surface area (Å²) in [5, 5.41) is 13.8. The summed E-state index contributed by atoms with van der Waals surface area (Å²) in [6.45, 7) is 4.14. The first-order valence-electron chi connectivity index (χ1n) is 7.60. The van der Waals surface area contributed by atoms with Gasteiger partial charge in [-0.2, -0.15) is 0 Å². The molecule has 4 heteroatoms. The molecule has 1 aromatic carbocycles. The van der Waals surface area contributed by atoms with Crippen molar-refractivity contribution in [3.8, 4) is 0 Å². The topological polar surface area (TPSA) is 58.0 Å². The lowest BCUT2D eigenvalue weighted by Gasteiger charge is -2.20. The van der Waals surface area contributed by atoms with Crippen LogP contribution in [0.15, 0.2) is 30.5 Å². The monoisotopic (exact) mass is 283 g/mol. The van der Waals surface area contributed by atoms with Crippen LogP contribution >= 0.6 is 0 Å². The first-order valence-corrected chi connectivity index (χ1v) is 7.60. The smallest absolute Gasteiger partial charge is 0.148 e. The average molecular weight is 283 g/mol. The van der Waals surface area contributed by atoms with Crippen molar-refractivity contribution in [2.45, 2.75) is 45.3 Å². The zero-order chi connectivity index (χ0) is 14.8. The van der Waals surface area contributed by atoms with Crippen molar-refractivity contribution in [3.05, 3.63) is 53.0 Å². The minimum atomic E-state index is -0.417. The highest BCUT2D eigenvalue weighted by Crippen LogP contribution is 2.34. The zero-order valence-corrected chi connectivity index (χ0v) is 12.5. The van der Waals surface area contributed by atoms with Crippen LogP contribution in [-0.2, 0) is 19.3 Å². The van der Waals surface area contributed by atoms with E-state index >= 15 is 0 Å². The molecular formula is C17H21N3O. The molecule has 4 nitrogen and oxygen atoms in total. The molecule has 2 atom stereocenters. The van der Waals surface area contributed by atoms with E-state index < -0.39 is 6.10 Å². The number of benzene rings is 1. The first-order chi connectivity index (χ1) is 10.2. The molecule has 0 amide bonds. The minimum absolute atomic E-state index is 0.104. The zero-order valence-electron chi connectivity index (χ0n) is 12.5. The van der Waals surface area contributed by atoms with Crippen LogP contribution in [0.5, 0.6) is 0 Å². The van der Waals surface area contributed by atoms with E-state index in [1.54, 1.807) is 0 Å². The number of aryl methyl sites for hydroxylation is 2. The van der Waals surface area contributed by atoms with Gasteiger partial charge in [0.15, 0.2) is 0 Å². The number of hydrogen-bond acceptors (Lipinski definition) is 4. The molecule has 2 aromatic rings. The van der Waals surface area contributed by atoms with E-state index in [4.69, 9.17) is 0 Å². The third-order valence-electron chi connectivity index (χ3n) is 4.09. The van der Waals surface area contributed by atoms with E-state index in [0.29, 0.717) is 6.42 Å². The summed E-state index contributed by atoms with van der Waals surface area (Å²) in [6.07, 6.45) is 3.79. The predicted molar refractivity (Wildman–Crippen MR) is 83.3 cm³/mol. The van der Waals surface area contributed by atoms with Crippen LogP contribution in [-0.4, -0.2) is 21.2 Å². The third-order valence-corrected chi connectivity index (χ3v) is 4.09. The molecule has 0 bridgehead atoms. The van der Waals surface area contributed by atoms with Gasteiger partial charge < -0.3 is 10.4 Å². The molecule has 0 radical (unpaired) electrons. The maximum Gasteiger partial charge on any atom is 0.148 e. The first kappa shape index (κ1) is 14.0. The van der Waals surface area contributed by atoms with Crippen LogP contribution < -0.4 is 5.32 Å². The largest absolute Gasteiger partial charge is 0.390 e. The maximum atomic E-state index is 10.4. The van der Waals surface area contributed by atoms with Crippen LogP contribution in [0.3, 0.4) is 0 Å². The van der Waals surface area contributed by atoms with Crippen LogP contribution in [0.4, 0.5) is 5.82 Å². The summed E-state index contributed by atoms with van der Waals surface area (Å²) in [5.41, 5.74) is 4.29. The number of aliphatic hydroxyl groups is 1. The fraction of sp³-hybridized carbons (Fsp3) is 0.412. The molecule has 110 valence electrons. The number of fused-ring (bicyclic) bond motifs is 1. The predicted octanol–water partition coefficient (Wildman–Crippen LogP) is 2.67. The number of hydrogen-bond donors (Lipinski definition) is 2. The Kier molecular flexibility index (Phi) is 3.88. The second-order valence-corrected chi connectivity index (χ2v) is 5.46. The number of rotatable bonds is 4. The Morgan fingerprint density at radius 3 is 2.81 bits per heavy atom. The van der Waals surface area contributed by atoms with E-state index in [0.717, 1.165) is 35.6 Å². The summed E-state index contributed by atoms with van der Waals surface area (Å²) >= 11 is 0. The Hall–Kier alpha value is -1.94. The van der Waals surface area contributed by atoms with Crippen molar-refractivity contribution < 1.29 is 5.11 Å². The molecule has 2 unspecified atom stereocenters. The molecule has 1 aromatic heterocycles. The molecule has 1 aliphatic rings. The minimum Gasteiger partial charge on any atom is -0.390 e. The summed E-state index contributed by atoms with van der Waals surface area (Å²) in [5.74, 6) is 0.803. The average Bonchev–Trinajstić information content (AvgIpc) is 2.83. The summed E-state index contributed by atoms with van der Waals surface area (Å²) in [7, 11) is 0. The standard InChI is InChI=1S/C17H21N3O/c1-3-12-10-18-14(4-2)17(19-12)20-16-13-8-6-5-7-11(13)9-15(16)21/h5-8,10,15-16,21H,3-4,9H2,1-2H3,(H,19,20). The van der Waals surface area contributed by atoms with Crippen LogP contribution in [0.1, 0.15) is 42.4 Å². The van der Waals surface area contributed by atoms with Gasteiger partial charge in [-0.05, 0) is 24.0 Å². The molecule has 21 heavy (non-hydrogen) atoms. The van der Waals surface area contributed by atoms with Gasteiger partial charge in [0.1, 0.15) is 5.82 Å².